The third-order valence-electron chi connectivity index (χ3n) is 5.25. The van der Waals surface area contributed by atoms with Crippen LogP contribution in [0, 0.1) is 0 Å². The predicted molar refractivity (Wildman–Crippen MR) is 111 cm³/mol. The Balaban J connectivity index is 1.63. The molecule has 0 atom stereocenters. The molecule has 1 aromatic carbocycles. The molecule has 1 fully saturated rings. The molecular formula is C22H25N5O. The van der Waals surface area contributed by atoms with Crippen molar-refractivity contribution in [3.63, 3.8) is 0 Å². The van der Waals surface area contributed by atoms with Crippen LogP contribution in [0.5, 0.6) is 5.75 Å². The Kier molecular flexibility index (Phi) is 5.48. The molecule has 2 aromatic heterocycles. The van der Waals surface area contributed by atoms with Crippen molar-refractivity contribution < 1.29 is 4.74 Å². The van der Waals surface area contributed by atoms with Crippen LogP contribution in [0.1, 0.15) is 25.7 Å². The summed E-state index contributed by atoms with van der Waals surface area (Å²) in [4.78, 5) is 13.3. The third-order valence-corrected chi connectivity index (χ3v) is 5.25. The molecular weight excluding hydrogens is 350 g/mol. The van der Waals surface area contributed by atoms with Crippen LogP contribution in [-0.4, -0.2) is 34.1 Å². The number of methoxy groups -OCH3 is 1. The van der Waals surface area contributed by atoms with Crippen molar-refractivity contribution in [3.8, 4) is 28.1 Å². The van der Waals surface area contributed by atoms with Crippen molar-refractivity contribution in [3.05, 3.63) is 55.0 Å². The summed E-state index contributed by atoms with van der Waals surface area (Å²) in [5.41, 5.74) is 9.97. The van der Waals surface area contributed by atoms with Gasteiger partial charge in [0.1, 0.15) is 5.75 Å². The number of anilines is 1. The lowest BCUT2D eigenvalue weighted by molar-refractivity contribution is 0.410. The number of hydrogen-bond donors (Lipinski definition) is 2. The molecule has 0 amide bonds. The van der Waals surface area contributed by atoms with Gasteiger partial charge >= 0.3 is 0 Å². The predicted octanol–water partition coefficient (Wildman–Crippen LogP) is 3.90. The van der Waals surface area contributed by atoms with Gasteiger partial charge in [-0.25, -0.2) is 9.97 Å². The lowest BCUT2D eigenvalue weighted by atomic mass is 9.92. The molecule has 6 nitrogen and oxygen atoms in total. The van der Waals surface area contributed by atoms with Gasteiger partial charge in [0.05, 0.1) is 12.8 Å². The second-order valence-electron chi connectivity index (χ2n) is 7.17. The van der Waals surface area contributed by atoms with Crippen molar-refractivity contribution in [1.82, 2.24) is 15.0 Å². The molecule has 6 heteroatoms. The minimum absolute atomic E-state index is 0.325. The average Bonchev–Trinajstić information content (AvgIpc) is 2.76. The van der Waals surface area contributed by atoms with Crippen molar-refractivity contribution in [2.24, 2.45) is 5.73 Å². The van der Waals surface area contributed by atoms with E-state index < -0.39 is 0 Å². The van der Waals surface area contributed by atoms with Gasteiger partial charge in [0.2, 0.25) is 5.95 Å². The summed E-state index contributed by atoms with van der Waals surface area (Å²) >= 11 is 0. The topological polar surface area (TPSA) is 86.0 Å². The number of pyridine rings is 1. The first-order valence-electron chi connectivity index (χ1n) is 9.67. The fourth-order valence-electron chi connectivity index (χ4n) is 3.66. The number of nitrogens with two attached hydrogens (primary N) is 1. The SMILES string of the molecule is COc1ccc(-c2ccncc2)cc1-c1ccnc(NC2CCC(N)CC2)n1. The molecule has 0 saturated heterocycles. The van der Waals surface area contributed by atoms with Crippen LogP contribution in [0.2, 0.25) is 0 Å². The third kappa shape index (κ3) is 4.12. The number of nitrogens with zero attached hydrogens (tertiary/aromatic N) is 3. The standard InChI is InChI=1S/C22H25N5O/c1-28-21-7-2-16(15-8-11-24-12-9-15)14-19(21)20-10-13-25-22(27-20)26-18-5-3-17(23)4-6-18/h2,7-14,17-18H,3-6,23H2,1H3,(H,25,26,27). The molecule has 1 aliphatic carbocycles. The molecule has 0 bridgehead atoms. The number of aromatic nitrogens is 3. The zero-order valence-electron chi connectivity index (χ0n) is 16.0. The van der Waals surface area contributed by atoms with Crippen LogP contribution in [-0.2, 0) is 0 Å². The summed E-state index contributed by atoms with van der Waals surface area (Å²) < 4.78 is 5.59. The highest BCUT2D eigenvalue weighted by Gasteiger charge is 2.19. The van der Waals surface area contributed by atoms with Gasteiger partial charge in [-0.1, -0.05) is 6.07 Å². The van der Waals surface area contributed by atoms with Crippen LogP contribution in [0.15, 0.2) is 55.0 Å². The van der Waals surface area contributed by atoms with E-state index in [1.807, 2.05) is 30.3 Å². The smallest absolute Gasteiger partial charge is 0.223 e. The van der Waals surface area contributed by atoms with Gasteiger partial charge in [-0.2, -0.15) is 0 Å². The van der Waals surface area contributed by atoms with E-state index in [0.717, 1.165) is 53.8 Å². The summed E-state index contributed by atoms with van der Waals surface area (Å²) in [5.74, 6) is 1.43. The summed E-state index contributed by atoms with van der Waals surface area (Å²) in [6.07, 6.45) is 9.56. The maximum atomic E-state index is 6.01. The van der Waals surface area contributed by atoms with Gasteiger partial charge in [0, 0.05) is 36.2 Å². The Morgan fingerprint density at radius 1 is 0.964 bits per heavy atom. The maximum absolute atomic E-state index is 6.01. The van der Waals surface area contributed by atoms with Gasteiger partial charge in [-0.05, 0) is 67.1 Å². The molecule has 0 aliphatic heterocycles. The summed E-state index contributed by atoms with van der Waals surface area (Å²) in [6, 6.07) is 12.7. The molecule has 0 unspecified atom stereocenters. The van der Waals surface area contributed by atoms with Crippen molar-refractivity contribution in [1.29, 1.82) is 0 Å². The number of nitrogens with one attached hydrogen (secondary N) is 1. The summed E-state index contributed by atoms with van der Waals surface area (Å²) in [7, 11) is 1.68. The highest BCUT2D eigenvalue weighted by Crippen LogP contribution is 2.33. The van der Waals surface area contributed by atoms with E-state index in [0.29, 0.717) is 18.0 Å². The highest BCUT2D eigenvalue weighted by atomic mass is 16.5. The van der Waals surface area contributed by atoms with E-state index in [1.54, 1.807) is 25.7 Å². The van der Waals surface area contributed by atoms with Crippen molar-refractivity contribution in [2.75, 3.05) is 12.4 Å². The van der Waals surface area contributed by atoms with Crippen LogP contribution in [0.4, 0.5) is 5.95 Å². The molecule has 1 saturated carbocycles. The molecule has 144 valence electrons. The van der Waals surface area contributed by atoms with E-state index in [9.17, 15) is 0 Å². The van der Waals surface area contributed by atoms with Crippen molar-refractivity contribution >= 4 is 5.95 Å². The second-order valence-corrected chi connectivity index (χ2v) is 7.17. The minimum Gasteiger partial charge on any atom is -0.496 e. The van der Waals surface area contributed by atoms with Gasteiger partial charge in [0.25, 0.3) is 0 Å². The van der Waals surface area contributed by atoms with Gasteiger partial charge in [-0.3, -0.25) is 4.98 Å². The van der Waals surface area contributed by atoms with Crippen LogP contribution < -0.4 is 15.8 Å². The van der Waals surface area contributed by atoms with Crippen LogP contribution in [0.3, 0.4) is 0 Å². The number of rotatable bonds is 5. The number of benzene rings is 1. The zero-order chi connectivity index (χ0) is 19.3. The molecule has 3 aromatic rings. The van der Waals surface area contributed by atoms with E-state index in [2.05, 4.69) is 21.4 Å². The Bertz CT molecular complexity index is 923. The summed E-state index contributed by atoms with van der Waals surface area (Å²) in [6.45, 7) is 0. The molecule has 3 N–H and O–H groups in total. The first kappa shape index (κ1) is 18.4. The lowest BCUT2D eigenvalue weighted by Gasteiger charge is -2.26. The van der Waals surface area contributed by atoms with E-state index in [1.165, 1.54) is 0 Å². The van der Waals surface area contributed by atoms with E-state index in [-0.39, 0.29) is 0 Å². The first-order valence-corrected chi connectivity index (χ1v) is 9.67. The number of hydrogen-bond acceptors (Lipinski definition) is 6. The Morgan fingerprint density at radius 2 is 1.75 bits per heavy atom. The molecule has 2 heterocycles. The Hall–Kier alpha value is -2.99. The highest BCUT2D eigenvalue weighted by molar-refractivity contribution is 5.76. The molecule has 28 heavy (non-hydrogen) atoms. The Labute approximate surface area is 165 Å². The molecule has 4 rings (SSSR count). The number of ether oxygens (including phenoxy) is 1. The van der Waals surface area contributed by atoms with Crippen LogP contribution in [0.25, 0.3) is 22.4 Å². The quantitative estimate of drug-likeness (QED) is 0.703. The fourth-order valence-corrected chi connectivity index (χ4v) is 3.66. The average molecular weight is 375 g/mol. The van der Waals surface area contributed by atoms with Gasteiger partial charge in [0.15, 0.2) is 0 Å². The molecule has 1 aliphatic rings. The molecule has 0 spiro atoms. The fraction of sp³-hybridized carbons (Fsp3) is 0.318. The second kappa shape index (κ2) is 8.35. The van der Waals surface area contributed by atoms with E-state index in [4.69, 9.17) is 15.5 Å². The zero-order valence-corrected chi connectivity index (χ0v) is 16.0. The lowest BCUT2D eigenvalue weighted by Crippen LogP contribution is -2.33. The van der Waals surface area contributed by atoms with Gasteiger partial charge in [-0.15, -0.1) is 0 Å². The first-order chi connectivity index (χ1) is 13.7. The van der Waals surface area contributed by atoms with Crippen molar-refractivity contribution in [2.45, 2.75) is 37.8 Å². The Morgan fingerprint density at radius 3 is 2.50 bits per heavy atom. The largest absolute Gasteiger partial charge is 0.496 e. The summed E-state index contributed by atoms with van der Waals surface area (Å²) in [5, 5.41) is 3.47. The van der Waals surface area contributed by atoms with E-state index >= 15 is 0 Å². The monoisotopic (exact) mass is 375 g/mol. The van der Waals surface area contributed by atoms with Crippen LogP contribution >= 0.6 is 0 Å². The normalized spacial score (nSPS) is 19.2. The molecule has 0 radical (unpaired) electrons. The maximum Gasteiger partial charge on any atom is 0.223 e. The van der Waals surface area contributed by atoms with Gasteiger partial charge < -0.3 is 15.8 Å². The minimum atomic E-state index is 0.325.